The maximum absolute atomic E-state index is 4.83. The van der Waals surface area contributed by atoms with E-state index in [9.17, 15) is 0 Å². The Labute approximate surface area is 157 Å². The number of thioether (sulfide) groups is 1. The Bertz CT molecular complexity index is 1050. The van der Waals surface area contributed by atoms with Crippen LogP contribution in [-0.4, -0.2) is 20.6 Å². The molecule has 5 heteroatoms. The van der Waals surface area contributed by atoms with Crippen LogP contribution >= 0.6 is 11.8 Å². The molecule has 0 radical (unpaired) electrons. The minimum absolute atomic E-state index is 0.824. The van der Waals surface area contributed by atoms with Gasteiger partial charge in [-0.2, -0.15) is 0 Å². The van der Waals surface area contributed by atoms with Gasteiger partial charge in [0.15, 0.2) is 5.65 Å². The smallest absolute Gasteiger partial charge is 0.157 e. The molecule has 4 aromatic rings. The van der Waals surface area contributed by atoms with Crippen molar-refractivity contribution in [3.8, 4) is 11.3 Å². The number of hydrogen-bond donors (Lipinski definition) is 1. The van der Waals surface area contributed by atoms with Crippen LogP contribution in [-0.2, 0) is 0 Å². The Morgan fingerprint density at radius 2 is 1.73 bits per heavy atom. The number of rotatable bonds is 4. The molecule has 0 saturated heterocycles. The average Bonchev–Trinajstić information content (AvgIpc) is 3.03. The zero-order chi connectivity index (χ0) is 18.1. The van der Waals surface area contributed by atoms with Gasteiger partial charge in [0.25, 0.3) is 0 Å². The molecular formula is C21H20N4S. The first-order valence-corrected chi connectivity index (χ1v) is 9.69. The molecule has 2 aromatic carbocycles. The van der Waals surface area contributed by atoms with Crippen molar-refractivity contribution in [2.45, 2.75) is 18.7 Å². The standard InChI is InChI=1S/C21H20N4S/c1-14-5-4-6-15(2)19(14)24-21-20(16-7-9-17(26-3)10-8-16)23-18-13-22-11-12-25(18)21/h4-13,24H,1-3H3. The van der Waals surface area contributed by atoms with Gasteiger partial charge in [0.05, 0.1) is 6.20 Å². The zero-order valence-electron chi connectivity index (χ0n) is 15.0. The molecule has 1 N–H and O–H groups in total. The predicted molar refractivity (Wildman–Crippen MR) is 109 cm³/mol. The second kappa shape index (κ2) is 6.84. The summed E-state index contributed by atoms with van der Waals surface area (Å²) in [5.41, 5.74) is 6.36. The molecular weight excluding hydrogens is 340 g/mol. The average molecular weight is 360 g/mol. The summed E-state index contributed by atoms with van der Waals surface area (Å²) in [6.45, 7) is 4.24. The first-order valence-electron chi connectivity index (χ1n) is 8.47. The number of nitrogens with zero attached hydrogens (tertiary/aromatic N) is 3. The van der Waals surface area contributed by atoms with Crippen LogP contribution in [0.15, 0.2) is 66.0 Å². The lowest BCUT2D eigenvalue weighted by Crippen LogP contribution is -2.00. The highest BCUT2D eigenvalue weighted by Crippen LogP contribution is 2.33. The maximum atomic E-state index is 4.83. The number of anilines is 2. The molecule has 0 amide bonds. The summed E-state index contributed by atoms with van der Waals surface area (Å²) >= 11 is 1.74. The highest BCUT2D eigenvalue weighted by atomic mass is 32.2. The van der Waals surface area contributed by atoms with E-state index in [-0.39, 0.29) is 0 Å². The van der Waals surface area contributed by atoms with Crippen molar-refractivity contribution in [1.82, 2.24) is 14.4 Å². The van der Waals surface area contributed by atoms with Crippen LogP contribution in [0, 0.1) is 13.8 Å². The van der Waals surface area contributed by atoms with Gasteiger partial charge in [-0.1, -0.05) is 30.3 Å². The number of nitrogens with one attached hydrogen (secondary N) is 1. The van der Waals surface area contributed by atoms with E-state index in [2.05, 4.69) is 77.3 Å². The Kier molecular flexibility index (Phi) is 4.39. The molecule has 0 spiro atoms. The third-order valence-corrected chi connectivity index (χ3v) is 5.26. The van der Waals surface area contributed by atoms with Gasteiger partial charge in [0.2, 0.25) is 0 Å². The van der Waals surface area contributed by atoms with Crippen molar-refractivity contribution >= 4 is 28.9 Å². The molecule has 4 rings (SSSR count). The minimum atomic E-state index is 0.824. The van der Waals surface area contributed by atoms with E-state index in [0.717, 1.165) is 28.4 Å². The van der Waals surface area contributed by atoms with Crippen LogP contribution in [0.3, 0.4) is 0 Å². The van der Waals surface area contributed by atoms with Crippen molar-refractivity contribution in [1.29, 1.82) is 0 Å². The first kappa shape index (κ1) is 16.7. The molecule has 2 aromatic heterocycles. The summed E-state index contributed by atoms with van der Waals surface area (Å²) < 4.78 is 2.05. The van der Waals surface area contributed by atoms with Crippen LogP contribution in [0.4, 0.5) is 11.5 Å². The zero-order valence-corrected chi connectivity index (χ0v) is 15.8. The molecule has 26 heavy (non-hydrogen) atoms. The largest absolute Gasteiger partial charge is 0.339 e. The monoisotopic (exact) mass is 360 g/mol. The molecule has 0 saturated carbocycles. The molecule has 2 heterocycles. The molecule has 0 fully saturated rings. The van der Waals surface area contributed by atoms with E-state index in [0.29, 0.717) is 0 Å². The number of hydrogen-bond acceptors (Lipinski definition) is 4. The third-order valence-electron chi connectivity index (χ3n) is 4.52. The van der Waals surface area contributed by atoms with Gasteiger partial charge >= 0.3 is 0 Å². The van der Waals surface area contributed by atoms with E-state index in [1.807, 2.05) is 6.20 Å². The number of imidazole rings is 1. The minimum Gasteiger partial charge on any atom is -0.339 e. The lowest BCUT2D eigenvalue weighted by atomic mass is 10.1. The van der Waals surface area contributed by atoms with Gasteiger partial charge in [-0.3, -0.25) is 9.38 Å². The summed E-state index contributed by atoms with van der Waals surface area (Å²) in [7, 11) is 0. The number of fused-ring (bicyclic) bond motifs is 1. The number of aryl methyl sites for hydroxylation is 2. The Morgan fingerprint density at radius 3 is 2.42 bits per heavy atom. The van der Waals surface area contributed by atoms with Crippen molar-refractivity contribution in [2.24, 2.45) is 0 Å². The van der Waals surface area contributed by atoms with Gasteiger partial charge < -0.3 is 5.32 Å². The van der Waals surface area contributed by atoms with E-state index >= 15 is 0 Å². The fourth-order valence-corrected chi connectivity index (χ4v) is 3.51. The summed E-state index contributed by atoms with van der Waals surface area (Å²) in [6, 6.07) is 14.8. The van der Waals surface area contributed by atoms with Crippen LogP contribution < -0.4 is 5.32 Å². The highest BCUT2D eigenvalue weighted by Gasteiger charge is 2.16. The number of para-hydroxylation sites is 1. The van der Waals surface area contributed by atoms with E-state index in [1.165, 1.54) is 16.0 Å². The van der Waals surface area contributed by atoms with Crippen molar-refractivity contribution in [3.63, 3.8) is 0 Å². The van der Waals surface area contributed by atoms with Crippen molar-refractivity contribution < 1.29 is 0 Å². The van der Waals surface area contributed by atoms with Gasteiger partial charge in [0.1, 0.15) is 11.5 Å². The Morgan fingerprint density at radius 1 is 1.00 bits per heavy atom. The maximum Gasteiger partial charge on any atom is 0.157 e. The second-order valence-electron chi connectivity index (χ2n) is 6.23. The molecule has 0 aliphatic heterocycles. The van der Waals surface area contributed by atoms with Gasteiger partial charge in [0, 0.05) is 28.5 Å². The number of aromatic nitrogens is 3. The molecule has 130 valence electrons. The van der Waals surface area contributed by atoms with Crippen LogP contribution in [0.1, 0.15) is 11.1 Å². The fraction of sp³-hybridized carbons (Fsp3) is 0.143. The highest BCUT2D eigenvalue weighted by molar-refractivity contribution is 7.98. The SMILES string of the molecule is CSc1ccc(-c2nc3cnccn3c2Nc2c(C)cccc2C)cc1. The van der Waals surface area contributed by atoms with Crippen LogP contribution in [0.5, 0.6) is 0 Å². The summed E-state index contributed by atoms with van der Waals surface area (Å²) in [5.74, 6) is 0.955. The quantitative estimate of drug-likeness (QED) is 0.489. The van der Waals surface area contributed by atoms with E-state index in [1.54, 1.807) is 24.2 Å². The number of benzene rings is 2. The van der Waals surface area contributed by atoms with E-state index < -0.39 is 0 Å². The van der Waals surface area contributed by atoms with Gasteiger partial charge in [-0.05, 0) is 43.4 Å². The molecule has 0 unspecified atom stereocenters. The molecule has 0 bridgehead atoms. The first-order chi connectivity index (χ1) is 12.7. The van der Waals surface area contributed by atoms with Gasteiger partial charge in [-0.25, -0.2) is 4.98 Å². The summed E-state index contributed by atoms with van der Waals surface area (Å²) in [4.78, 5) is 10.3. The molecule has 4 nitrogen and oxygen atoms in total. The summed E-state index contributed by atoms with van der Waals surface area (Å²) in [6.07, 6.45) is 7.60. The Balaban J connectivity index is 1.89. The lowest BCUT2D eigenvalue weighted by Gasteiger charge is -2.14. The molecule has 0 aliphatic rings. The topological polar surface area (TPSA) is 42.2 Å². The van der Waals surface area contributed by atoms with Crippen LogP contribution in [0.25, 0.3) is 16.9 Å². The van der Waals surface area contributed by atoms with E-state index in [4.69, 9.17) is 4.98 Å². The predicted octanol–water partition coefficient (Wildman–Crippen LogP) is 5.48. The summed E-state index contributed by atoms with van der Waals surface area (Å²) in [5, 5.41) is 3.63. The molecule has 0 aliphatic carbocycles. The van der Waals surface area contributed by atoms with Crippen LogP contribution in [0.2, 0.25) is 0 Å². The third kappa shape index (κ3) is 2.95. The van der Waals surface area contributed by atoms with Crippen molar-refractivity contribution in [2.75, 3.05) is 11.6 Å². The Hall–Kier alpha value is -2.79. The second-order valence-corrected chi connectivity index (χ2v) is 7.11. The molecule has 0 atom stereocenters. The van der Waals surface area contributed by atoms with Crippen molar-refractivity contribution in [3.05, 3.63) is 72.2 Å². The fourth-order valence-electron chi connectivity index (χ4n) is 3.11. The lowest BCUT2D eigenvalue weighted by molar-refractivity contribution is 1.12. The van der Waals surface area contributed by atoms with Gasteiger partial charge in [-0.15, -0.1) is 11.8 Å². The normalized spacial score (nSPS) is 11.0.